The zero-order valence-corrected chi connectivity index (χ0v) is 17.9. The largest absolute Gasteiger partial charge is 0.376 e. The molecule has 0 aliphatic rings. The van der Waals surface area contributed by atoms with Gasteiger partial charge in [0.15, 0.2) is 5.75 Å². The van der Waals surface area contributed by atoms with Gasteiger partial charge in [-0.2, -0.15) is 8.42 Å². The normalized spacial score (nSPS) is 11.5. The molecule has 2 aromatic rings. The van der Waals surface area contributed by atoms with E-state index in [0.29, 0.717) is 8.95 Å². The van der Waals surface area contributed by atoms with Gasteiger partial charge in [-0.3, -0.25) is 0 Å². The van der Waals surface area contributed by atoms with Crippen molar-refractivity contribution in [1.82, 2.24) is 0 Å². The molecule has 118 valence electrons. The average Bonchev–Trinajstić information content (AvgIpc) is 2.44. The predicted octanol–water partition coefficient (Wildman–Crippen LogP) is 6.36. The van der Waals surface area contributed by atoms with Crippen LogP contribution in [0.25, 0.3) is 0 Å². The fraction of sp³-hybridized carbons (Fsp3) is 0.0769. The molecule has 0 heterocycles. The summed E-state index contributed by atoms with van der Waals surface area (Å²) in [5.74, 6) is 0.136. The summed E-state index contributed by atoms with van der Waals surface area (Å²) in [5, 5.41) is 0.280. The Kier molecular flexibility index (Phi) is 5.89. The van der Waals surface area contributed by atoms with Crippen LogP contribution in [0.15, 0.2) is 42.6 Å². The Labute approximate surface area is 163 Å². The Morgan fingerprint density at radius 2 is 1.68 bits per heavy atom. The van der Waals surface area contributed by atoms with Crippen LogP contribution >= 0.6 is 71.0 Å². The van der Waals surface area contributed by atoms with Crippen LogP contribution in [0.1, 0.15) is 5.56 Å². The van der Waals surface area contributed by atoms with E-state index in [-0.39, 0.29) is 20.7 Å². The van der Waals surface area contributed by atoms with Crippen LogP contribution in [0.2, 0.25) is 10.0 Å². The van der Waals surface area contributed by atoms with Gasteiger partial charge >= 0.3 is 10.1 Å². The molecule has 0 fully saturated rings. The van der Waals surface area contributed by atoms with Gasteiger partial charge in [0, 0.05) is 9.50 Å². The molecule has 0 N–H and O–H groups in total. The molecule has 2 aromatic carbocycles. The monoisotopic (exact) mass is 550 g/mol. The average molecular weight is 554 g/mol. The molecule has 0 amide bonds. The molecule has 22 heavy (non-hydrogen) atoms. The lowest BCUT2D eigenvalue weighted by Crippen LogP contribution is -2.11. The minimum atomic E-state index is -4.13. The molecule has 3 nitrogen and oxygen atoms in total. The van der Waals surface area contributed by atoms with Gasteiger partial charge in [0.1, 0.15) is 4.90 Å². The Hall–Kier alpha value is 0.210. The molecule has 0 bridgehead atoms. The molecule has 0 saturated heterocycles. The third-order valence-corrected chi connectivity index (χ3v) is 7.02. The van der Waals surface area contributed by atoms with Crippen molar-refractivity contribution in [2.75, 3.05) is 0 Å². The lowest BCUT2D eigenvalue weighted by Gasteiger charge is -2.14. The van der Waals surface area contributed by atoms with Crippen molar-refractivity contribution in [3.05, 3.63) is 53.3 Å². The molecule has 0 aliphatic carbocycles. The summed E-state index contributed by atoms with van der Waals surface area (Å²) in [6.45, 7) is 1.81. The van der Waals surface area contributed by atoms with E-state index in [1.807, 2.05) is 6.92 Å². The Bertz CT molecular complexity index is 854. The summed E-state index contributed by atoms with van der Waals surface area (Å²) >= 11 is 21.8. The van der Waals surface area contributed by atoms with E-state index in [2.05, 4.69) is 47.8 Å². The highest BCUT2D eigenvalue weighted by molar-refractivity contribution is 9.11. The number of hydrogen-bond acceptors (Lipinski definition) is 3. The molecule has 2 rings (SSSR count). The minimum Gasteiger partial charge on any atom is -0.376 e. The first-order valence-electron chi connectivity index (χ1n) is 5.67. The molecule has 0 aliphatic heterocycles. The SMILES string of the molecule is Cc1c(Br)cc(Br)c(OS(=O)(=O)c2cc(Cl)ccc2Cl)c1Br. The molecule has 0 unspecified atom stereocenters. The maximum absolute atomic E-state index is 12.5. The van der Waals surface area contributed by atoms with Crippen molar-refractivity contribution in [2.24, 2.45) is 0 Å². The first kappa shape index (κ1) is 18.5. The van der Waals surface area contributed by atoms with Crippen molar-refractivity contribution in [3.8, 4) is 5.75 Å². The van der Waals surface area contributed by atoms with Gasteiger partial charge in [0.25, 0.3) is 0 Å². The third-order valence-electron chi connectivity index (χ3n) is 2.71. The molecule has 9 heteroatoms. The highest BCUT2D eigenvalue weighted by Crippen LogP contribution is 2.41. The van der Waals surface area contributed by atoms with Crippen LogP contribution in [0.3, 0.4) is 0 Å². The Morgan fingerprint density at radius 3 is 2.32 bits per heavy atom. The van der Waals surface area contributed by atoms with E-state index in [4.69, 9.17) is 27.4 Å². The maximum atomic E-state index is 12.5. The predicted molar refractivity (Wildman–Crippen MR) is 98.6 cm³/mol. The standard InChI is InChI=1S/C13H7Br3Cl2O3S/c1-6-8(14)5-9(15)13(12(6)16)21-22(19,20)11-4-7(17)2-3-10(11)18/h2-5H,1H3. The number of benzene rings is 2. The molecular formula is C13H7Br3Cl2O3S. The molecular weight excluding hydrogens is 547 g/mol. The van der Waals surface area contributed by atoms with E-state index in [9.17, 15) is 8.42 Å². The van der Waals surface area contributed by atoms with Gasteiger partial charge in [-0.05, 0) is 68.6 Å². The summed E-state index contributed by atoms with van der Waals surface area (Å²) < 4.78 is 31.9. The Morgan fingerprint density at radius 1 is 1.05 bits per heavy atom. The number of rotatable bonds is 3. The minimum absolute atomic E-state index is 0.0329. The molecule has 0 atom stereocenters. The van der Waals surface area contributed by atoms with Crippen LogP contribution in [0.4, 0.5) is 0 Å². The fourth-order valence-electron chi connectivity index (χ4n) is 1.56. The summed E-state index contributed by atoms with van der Waals surface area (Å²) in [5.41, 5.74) is 0.797. The van der Waals surface area contributed by atoms with E-state index in [1.165, 1.54) is 18.2 Å². The Balaban J connectivity index is 2.55. The van der Waals surface area contributed by atoms with Crippen molar-refractivity contribution in [2.45, 2.75) is 11.8 Å². The van der Waals surface area contributed by atoms with Crippen LogP contribution in [-0.4, -0.2) is 8.42 Å². The fourth-order valence-corrected chi connectivity index (χ4v) is 5.76. The van der Waals surface area contributed by atoms with E-state index in [1.54, 1.807) is 6.07 Å². The molecule has 0 aromatic heterocycles. The highest BCUT2D eigenvalue weighted by atomic mass is 79.9. The van der Waals surface area contributed by atoms with Gasteiger partial charge in [0.05, 0.1) is 14.0 Å². The van der Waals surface area contributed by atoms with Crippen LogP contribution in [0, 0.1) is 6.92 Å². The third kappa shape index (κ3) is 3.82. The van der Waals surface area contributed by atoms with Crippen LogP contribution < -0.4 is 4.18 Å². The van der Waals surface area contributed by atoms with Crippen molar-refractivity contribution < 1.29 is 12.6 Å². The zero-order valence-electron chi connectivity index (χ0n) is 10.8. The first-order valence-corrected chi connectivity index (χ1v) is 10.2. The van der Waals surface area contributed by atoms with Crippen LogP contribution in [-0.2, 0) is 10.1 Å². The van der Waals surface area contributed by atoms with Gasteiger partial charge < -0.3 is 4.18 Å². The second-order valence-electron chi connectivity index (χ2n) is 4.22. The van der Waals surface area contributed by atoms with E-state index < -0.39 is 10.1 Å². The molecule has 0 radical (unpaired) electrons. The first-order chi connectivity index (χ1) is 10.1. The second kappa shape index (κ2) is 6.99. The summed E-state index contributed by atoms with van der Waals surface area (Å²) in [6, 6.07) is 5.84. The van der Waals surface area contributed by atoms with E-state index in [0.717, 1.165) is 10.0 Å². The quantitative estimate of drug-likeness (QED) is 0.416. The summed E-state index contributed by atoms with van der Waals surface area (Å²) in [4.78, 5) is -0.193. The van der Waals surface area contributed by atoms with Gasteiger partial charge in [-0.15, -0.1) is 0 Å². The van der Waals surface area contributed by atoms with Gasteiger partial charge in [-0.1, -0.05) is 39.1 Å². The van der Waals surface area contributed by atoms with Crippen LogP contribution in [0.5, 0.6) is 5.75 Å². The molecule has 0 saturated carbocycles. The van der Waals surface area contributed by atoms with Crippen molar-refractivity contribution in [3.63, 3.8) is 0 Å². The lowest BCUT2D eigenvalue weighted by molar-refractivity contribution is 0.483. The van der Waals surface area contributed by atoms with Gasteiger partial charge in [0.2, 0.25) is 0 Å². The number of hydrogen-bond donors (Lipinski definition) is 0. The summed E-state index contributed by atoms with van der Waals surface area (Å²) in [6.07, 6.45) is 0. The molecule has 0 spiro atoms. The highest BCUT2D eigenvalue weighted by Gasteiger charge is 2.24. The number of halogens is 5. The van der Waals surface area contributed by atoms with Crippen molar-refractivity contribution >= 4 is 81.1 Å². The smallest absolute Gasteiger partial charge is 0.340 e. The zero-order chi connectivity index (χ0) is 16.7. The topological polar surface area (TPSA) is 43.4 Å². The van der Waals surface area contributed by atoms with Gasteiger partial charge in [-0.25, -0.2) is 0 Å². The summed E-state index contributed by atoms with van der Waals surface area (Å²) in [7, 11) is -4.13. The van der Waals surface area contributed by atoms with E-state index >= 15 is 0 Å². The maximum Gasteiger partial charge on any atom is 0.340 e. The lowest BCUT2D eigenvalue weighted by atomic mass is 10.2. The second-order valence-corrected chi connectivity index (χ2v) is 9.08. The van der Waals surface area contributed by atoms with Crippen molar-refractivity contribution in [1.29, 1.82) is 0 Å².